The molecule has 3 atom stereocenters. The first-order chi connectivity index (χ1) is 9.22. The minimum Gasteiger partial charge on any atom is -0.317 e. The molecule has 1 aliphatic carbocycles. The Labute approximate surface area is 119 Å². The third-order valence-corrected chi connectivity index (χ3v) is 5.34. The summed E-state index contributed by atoms with van der Waals surface area (Å²) in [6.07, 6.45) is 6.96. The van der Waals surface area contributed by atoms with Crippen LogP contribution in [0.2, 0.25) is 0 Å². The largest absolute Gasteiger partial charge is 0.317 e. The Hall–Kier alpha value is -0.120. The van der Waals surface area contributed by atoms with E-state index in [1.54, 1.807) is 0 Å². The standard InChI is InChI=1S/C16H33N3/c1-4-14-6-7-16(17-2)15(12-14)13-19-9-5-8-18(3)10-11-19/h14-17H,4-13H2,1-3H3. The van der Waals surface area contributed by atoms with Crippen LogP contribution in [0.1, 0.15) is 39.0 Å². The zero-order chi connectivity index (χ0) is 13.7. The molecule has 1 aliphatic heterocycles. The first-order valence-corrected chi connectivity index (χ1v) is 8.31. The van der Waals surface area contributed by atoms with Crippen LogP contribution in [0.15, 0.2) is 0 Å². The molecule has 0 amide bonds. The van der Waals surface area contributed by atoms with E-state index in [1.807, 2.05) is 0 Å². The Morgan fingerprint density at radius 3 is 2.68 bits per heavy atom. The lowest BCUT2D eigenvalue weighted by Gasteiger charge is -2.38. The molecule has 0 spiro atoms. The fourth-order valence-corrected chi connectivity index (χ4v) is 3.93. The van der Waals surface area contributed by atoms with Gasteiger partial charge in [0.15, 0.2) is 0 Å². The Morgan fingerprint density at radius 1 is 1.11 bits per heavy atom. The lowest BCUT2D eigenvalue weighted by atomic mass is 9.76. The monoisotopic (exact) mass is 267 g/mol. The minimum absolute atomic E-state index is 0.754. The maximum Gasteiger partial charge on any atom is 0.0109 e. The fraction of sp³-hybridized carbons (Fsp3) is 1.00. The number of rotatable bonds is 4. The molecule has 112 valence electrons. The summed E-state index contributed by atoms with van der Waals surface area (Å²) in [6.45, 7) is 8.76. The molecule has 3 heteroatoms. The molecule has 1 heterocycles. The van der Waals surface area contributed by atoms with E-state index in [2.05, 4.69) is 36.1 Å². The smallest absolute Gasteiger partial charge is 0.0109 e. The van der Waals surface area contributed by atoms with Crippen LogP contribution in [0.4, 0.5) is 0 Å². The molecule has 3 unspecified atom stereocenters. The molecule has 2 rings (SSSR count). The molecule has 1 saturated carbocycles. The molecule has 0 radical (unpaired) electrons. The van der Waals surface area contributed by atoms with Gasteiger partial charge in [-0.15, -0.1) is 0 Å². The van der Waals surface area contributed by atoms with Crippen LogP contribution in [0, 0.1) is 11.8 Å². The van der Waals surface area contributed by atoms with Crippen LogP contribution >= 0.6 is 0 Å². The highest BCUT2D eigenvalue weighted by molar-refractivity contribution is 4.86. The maximum atomic E-state index is 3.58. The second-order valence-electron chi connectivity index (χ2n) is 6.70. The van der Waals surface area contributed by atoms with Crippen LogP contribution in [0.5, 0.6) is 0 Å². The summed E-state index contributed by atoms with van der Waals surface area (Å²) >= 11 is 0. The van der Waals surface area contributed by atoms with E-state index < -0.39 is 0 Å². The summed E-state index contributed by atoms with van der Waals surface area (Å²) in [7, 11) is 4.41. The van der Waals surface area contributed by atoms with Crippen molar-refractivity contribution in [3.8, 4) is 0 Å². The van der Waals surface area contributed by atoms with Gasteiger partial charge in [-0.2, -0.15) is 0 Å². The van der Waals surface area contributed by atoms with Gasteiger partial charge in [-0.25, -0.2) is 0 Å². The van der Waals surface area contributed by atoms with Crippen molar-refractivity contribution in [3.63, 3.8) is 0 Å². The topological polar surface area (TPSA) is 18.5 Å². The van der Waals surface area contributed by atoms with Crippen molar-refractivity contribution < 1.29 is 0 Å². The third kappa shape index (κ3) is 4.44. The fourth-order valence-electron chi connectivity index (χ4n) is 3.93. The van der Waals surface area contributed by atoms with Gasteiger partial charge in [0.1, 0.15) is 0 Å². The van der Waals surface area contributed by atoms with Gasteiger partial charge >= 0.3 is 0 Å². The van der Waals surface area contributed by atoms with E-state index in [0.717, 1.165) is 17.9 Å². The summed E-state index contributed by atoms with van der Waals surface area (Å²) in [4.78, 5) is 5.20. The van der Waals surface area contributed by atoms with Crippen LogP contribution < -0.4 is 5.32 Å². The quantitative estimate of drug-likeness (QED) is 0.841. The van der Waals surface area contributed by atoms with Gasteiger partial charge in [0.2, 0.25) is 0 Å². The van der Waals surface area contributed by atoms with Gasteiger partial charge in [-0.05, 0) is 64.7 Å². The zero-order valence-electron chi connectivity index (χ0n) is 13.2. The predicted octanol–water partition coefficient (Wildman–Crippen LogP) is 2.04. The van der Waals surface area contributed by atoms with E-state index >= 15 is 0 Å². The van der Waals surface area contributed by atoms with Gasteiger partial charge in [-0.1, -0.05) is 13.3 Å². The molecule has 1 saturated heterocycles. The highest BCUT2D eigenvalue weighted by Gasteiger charge is 2.30. The van der Waals surface area contributed by atoms with E-state index in [-0.39, 0.29) is 0 Å². The lowest BCUT2D eigenvalue weighted by Crippen LogP contribution is -2.45. The molecular formula is C16H33N3. The van der Waals surface area contributed by atoms with Gasteiger partial charge in [-0.3, -0.25) is 0 Å². The van der Waals surface area contributed by atoms with Crippen molar-refractivity contribution >= 4 is 0 Å². The number of hydrogen-bond acceptors (Lipinski definition) is 3. The molecule has 0 aromatic heterocycles. The van der Waals surface area contributed by atoms with Crippen molar-refractivity contribution in [2.45, 2.75) is 45.1 Å². The second kappa shape index (κ2) is 7.61. The Kier molecular flexibility index (Phi) is 6.11. The molecule has 2 aliphatic rings. The molecule has 1 N–H and O–H groups in total. The van der Waals surface area contributed by atoms with Gasteiger partial charge in [0.25, 0.3) is 0 Å². The summed E-state index contributed by atoms with van der Waals surface area (Å²) in [5, 5.41) is 3.58. The highest BCUT2D eigenvalue weighted by Crippen LogP contribution is 2.31. The summed E-state index contributed by atoms with van der Waals surface area (Å²) in [6, 6.07) is 0.754. The zero-order valence-corrected chi connectivity index (χ0v) is 13.2. The lowest BCUT2D eigenvalue weighted by molar-refractivity contribution is 0.144. The van der Waals surface area contributed by atoms with Gasteiger partial charge in [0, 0.05) is 25.7 Å². The first-order valence-electron chi connectivity index (χ1n) is 8.31. The van der Waals surface area contributed by atoms with Gasteiger partial charge < -0.3 is 15.1 Å². The molecule has 2 fully saturated rings. The van der Waals surface area contributed by atoms with E-state index in [1.165, 1.54) is 64.8 Å². The minimum atomic E-state index is 0.754. The summed E-state index contributed by atoms with van der Waals surface area (Å²) in [5.41, 5.74) is 0. The number of nitrogens with one attached hydrogen (secondary N) is 1. The van der Waals surface area contributed by atoms with E-state index in [9.17, 15) is 0 Å². The summed E-state index contributed by atoms with van der Waals surface area (Å²) < 4.78 is 0. The summed E-state index contributed by atoms with van der Waals surface area (Å²) in [5.74, 6) is 1.84. The van der Waals surface area contributed by atoms with Crippen LogP contribution in [0.25, 0.3) is 0 Å². The van der Waals surface area contributed by atoms with Crippen molar-refractivity contribution in [3.05, 3.63) is 0 Å². The molecule has 3 nitrogen and oxygen atoms in total. The van der Waals surface area contributed by atoms with E-state index in [4.69, 9.17) is 0 Å². The highest BCUT2D eigenvalue weighted by atomic mass is 15.2. The van der Waals surface area contributed by atoms with Crippen molar-refractivity contribution in [1.29, 1.82) is 0 Å². The SMILES string of the molecule is CCC1CCC(NC)C(CN2CCCN(C)CC2)C1. The van der Waals surface area contributed by atoms with Crippen LogP contribution in [-0.2, 0) is 0 Å². The van der Waals surface area contributed by atoms with Gasteiger partial charge in [0.05, 0.1) is 0 Å². The Morgan fingerprint density at radius 2 is 1.95 bits per heavy atom. The molecule has 19 heavy (non-hydrogen) atoms. The Bertz CT molecular complexity index is 256. The predicted molar refractivity (Wildman–Crippen MR) is 82.5 cm³/mol. The molecule has 0 bridgehead atoms. The van der Waals surface area contributed by atoms with Crippen molar-refractivity contribution in [2.24, 2.45) is 11.8 Å². The number of likely N-dealkylation sites (N-methyl/N-ethyl adjacent to an activating group) is 1. The molecule has 0 aromatic rings. The Balaban J connectivity index is 1.87. The normalized spacial score (nSPS) is 35.2. The average Bonchev–Trinajstić information content (AvgIpc) is 2.63. The first kappa shape index (κ1) is 15.3. The average molecular weight is 267 g/mol. The molecular weight excluding hydrogens is 234 g/mol. The number of nitrogens with zero attached hydrogens (tertiary/aromatic N) is 2. The van der Waals surface area contributed by atoms with Crippen LogP contribution in [-0.4, -0.2) is 62.7 Å². The number of hydrogen-bond donors (Lipinski definition) is 1. The van der Waals surface area contributed by atoms with Crippen LogP contribution in [0.3, 0.4) is 0 Å². The maximum absolute atomic E-state index is 3.58. The third-order valence-electron chi connectivity index (χ3n) is 5.34. The van der Waals surface area contributed by atoms with Crippen molar-refractivity contribution in [1.82, 2.24) is 15.1 Å². The second-order valence-corrected chi connectivity index (χ2v) is 6.70. The van der Waals surface area contributed by atoms with E-state index in [0.29, 0.717) is 0 Å². The molecule has 0 aromatic carbocycles. The van der Waals surface area contributed by atoms with Crippen molar-refractivity contribution in [2.75, 3.05) is 46.8 Å².